The normalized spacial score (nSPS) is 24.7. The Morgan fingerprint density at radius 1 is 0.936 bits per heavy atom. The van der Waals surface area contributed by atoms with Crippen LogP contribution in [0.3, 0.4) is 0 Å². The van der Waals surface area contributed by atoms with Gasteiger partial charge in [-0.15, -0.1) is 0 Å². The monoisotopic (exact) mass is 643 g/mol. The zero-order valence-corrected chi connectivity index (χ0v) is 27.3. The lowest BCUT2D eigenvalue weighted by Gasteiger charge is -2.43. The van der Waals surface area contributed by atoms with E-state index in [1.165, 1.54) is 0 Å². The first-order chi connectivity index (χ1) is 22.9. The van der Waals surface area contributed by atoms with Gasteiger partial charge in [-0.3, -0.25) is 19.6 Å². The van der Waals surface area contributed by atoms with Crippen LogP contribution in [0, 0.1) is 18.8 Å². The topological polar surface area (TPSA) is 131 Å². The average molecular weight is 644 g/mol. The number of carboxylic acid groups (broad SMARTS) is 1. The molecule has 47 heavy (non-hydrogen) atoms. The van der Waals surface area contributed by atoms with Crippen LogP contribution in [0.4, 0.5) is 10.6 Å². The molecule has 11 nitrogen and oxygen atoms in total. The van der Waals surface area contributed by atoms with Crippen LogP contribution in [0.15, 0.2) is 41.1 Å². The highest BCUT2D eigenvalue weighted by Gasteiger charge is 2.40. The quantitative estimate of drug-likeness (QED) is 0.261. The van der Waals surface area contributed by atoms with Gasteiger partial charge in [-0.25, -0.2) is 14.8 Å². The van der Waals surface area contributed by atoms with Crippen molar-refractivity contribution in [2.75, 3.05) is 31.8 Å². The zero-order chi connectivity index (χ0) is 32.5. The number of carbonyl (C=O) groups excluding carboxylic acids is 1. The van der Waals surface area contributed by atoms with Crippen LogP contribution in [0.2, 0.25) is 0 Å². The maximum absolute atomic E-state index is 14.4. The first-order valence-electron chi connectivity index (χ1n) is 17.2. The molecule has 250 valence electrons. The smallest absolute Gasteiger partial charge is 0.407 e. The van der Waals surface area contributed by atoms with Crippen LogP contribution in [0.25, 0.3) is 11.3 Å². The minimum absolute atomic E-state index is 0.0790. The Labute approximate surface area is 275 Å². The molecule has 4 fully saturated rings. The predicted molar refractivity (Wildman–Crippen MR) is 175 cm³/mol. The summed E-state index contributed by atoms with van der Waals surface area (Å²) in [4.78, 5) is 44.2. The Morgan fingerprint density at radius 2 is 1.68 bits per heavy atom. The highest BCUT2D eigenvalue weighted by Crippen LogP contribution is 2.41. The molecule has 1 aliphatic heterocycles. The minimum Gasteiger partial charge on any atom is -0.495 e. The molecule has 3 saturated carbocycles. The molecule has 11 heteroatoms. The lowest BCUT2D eigenvalue weighted by molar-refractivity contribution is -0.124. The van der Waals surface area contributed by atoms with Gasteiger partial charge in [-0.1, -0.05) is 0 Å². The van der Waals surface area contributed by atoms with E-state index in [9.17, 15) is 14.7 Å². The van der Waals surface area contributed by atoms with Crippen molar-refractivity contribution in [1.82, 2.24) is 19.9 Å². The Bertz CT molecular complexity index is 1570. The number of pyridine rings is 2. The molecular formula is C36H45N5O6. The van der Waals surface area contributed by atoms with E-state index in [2.05, 4.69) is 6.07 Å². The minimum atomic E-state index is -0.899. The number of nitrogens with zero attached hydrogens (tertiary/aromatic N) is 5. The largest absolute Gasteiger partial charge is 0.495 e. The second kappa shape index (κ2) is 13.6. The van der Waals surface area contributed by atoms with Gasteiger partial charge in [0.2, 0.25) is 5.91 Å². The third kappa shape index (κ3) is 6.86. The van der Waals surface area contributed by atoms with Crippen LogP contribution in [-0.2, 0) is 9.53 Å². The van der Waals surface area contributed by atoms with Crippen molar-refractivity contribution < 1.29 is 28.6 Å². The van der Waals surface area contributed by atoms with E-state index in [0.29, 0.717) is 69.0 Å². The van der Waals surface area contributed by atoms with Crippen LogP contribution in [0.5, 0.6) is 5.75 Å². The lowest BCUT2D eigenvalue weighted by atomic mass is 9.79. The summed E-state index contributed by atoms with van der Waals surface area (Å²) in [6.45, 7) is 3.48. The number of anilines is 1. The molecular weight excluding hydrogens is 598 g/mol. The van der Waals surface area contributed by atoms with E-state index in [4.69, 9.17) is 28.8 Å². The summed E-state index contributed by atoms with van der Waals surface area (Å²) >= 11 is 0. The molecule has 3 aliphatic carbocycles. The van der Waals surface area contributed by atoms with Crippen LogP contribution in [-0.4, -0.2) is 75.9 Å². The summed E-state index contributed by atoms with van der Waals surface area (Å²) in [6, 6.07) is 7.81. The molecule has 7 rings (SSSR count). The Balaban J connectivity index is 1.07. The van der Waals surface area contributed by atoms with Crippen molar-refractivity contribution >= 4 is 17.8 Å². The third-order valence-electron chi connectivity index (χ3n) is 10.7. The fourth-order valence-electron chi connectivity index (χ4n) is 7.69. The van der Waals surface area contributed by atoms with Gasteiger partial charge >= 0.3 is 6.09 Å². The van der Waals surface area contributed by atoms with Gasteiger partial charge in [-0.2, -0.15) is 0 Å². The number of methoxy groups -OCH3 is 1. The van der Waals surface area contributed by atoms with Gasteiger partial charge in [0.25, 0.3) is 0 Å². The highest BCUT2D eigenvalue weighted by molar-refractivity contribution is 5.94. The van der Waals surface area contributed by atoms with Crippen molar-refractivity contribution in [2.24, 2.45) is 11.8 Å². The summed E-state index contributed by atoms with van der Waals surface area (Å²) < 4.78 is 16.5. The van der Waals surface area contributed by atoms with Gasteiger partial charge in [0.05, 0.1) is 32.1 Å². The lowest BCUT2D eigenvalue weighted by Crippen LogP contribution is -2.56. The first kappa shape index (κ1) is 31.6. The number of hydrogen-bond donors (Lipinski definition) is 1. The van der Waals surface area contributed by atoms with E-state index < -0.39 is 6.09 Å². The van der Waals surface area contributed by atoms with E-state index in [1.54, 1.807) is 24.5 Å². The van der Waals surface area contributed by atoms with Gasteiger partial charge in [0.15, 0.2) is 5.89 Å². The van der Waals surface area contributed by atoms with Crippen molar-refractivity contribution in [3.8, 4) is 17.0 Å². The molecule has 3 aromatic rings. The molecule has 0 aromatic carbocycles. The number of hydrogen-bond acceptors (Lipinski definition) is 8. The number of amides is 2. The molecule has 1 saturated heterocycles. The molecule has 0 unspecified atom stereocenters. The van der Waals surface area contributed by atoms with Gasteiger partial charge < -0.3 is 19.0 Å². The summed E-state index contributed by atoms with van der Waals surface area (Å²) in [5.41, 5.74) is 3.67. The number of oxazole rings is 1. The van der Waals surface area contributed by atoms with Crippen molar-refractivity contribution in [3.05, 3.63) is 54.0 Å². The van der Waals surface area contributed by atoms with Gasteiger partial charge in [-0.05, 0) is 101 Å². The highest BCUT2D eigenvalue weighted by atomic mass is 16.5. The van der Waals surface area contributed by atoms with Crippen LogP contribution >= 0.6 is 0 Å². The third-order valence-corrected chi connectivity index (χ3v) is 10.7. The maximum atomic E-state index is 14.4. The average Bonchev–Trinajstić information content (AvgIpc) is 3.81. The van der Waals surface area contributed by atoms with Crippen molar-refractivity contribution in [1.29, 1.82) is 0 Å². The van der Waals surface area contributed by atoms with E-state index in [-0.39, 0.29) is 23.9 Å². The second-order valence-corrected chi connectivity index (χ2v) is 13.8. The molecule has 1 N–H and O–H groups in total. The van der Waals surface area contributed by atoms with E-state index in [0.717, 1.165) is 72.8 Å². The Morgan fingerprint density at radius 3 is 2.32 bits per heavy atom. The SMILES string of the molecule is COc1ccc([C@H]2CC[C@H](CN(c3cc(-c4coc(C5CC5)n4)ccn3)C(=O)[C@H]3CC[C@H](N(C(=O)O)C4COC4)CC3)CC2)nc1C. The number of carbonyl (C=O) groups is 2. The fourth-order valence-corrected chi connectivity index (χ4v) is 7.69. The van der Waals surface area contributed by atoms with Gasteiger partial charge in [0.1, 0.15) is 23.5 Å². The van der Waals surface area contributed by atoms with Crippen LogP contribution in [0.1, 0.15) is 93.3 Å². The van der Waals surface area contributed by atoms with Crippen LogP contribution < -0.4 is 9.64 Å². The first-order valence-corrected chi connectivity index (χ1v) is 17.2. The Hall–Kier alpha value is -3.99. The molecule has 0 radical (unpaired) electrons. The Kier molecular flexibility index (Phi) is 9.16. The standard InChI is InChI=1S/C36H45N5O6/c1-22-32(45-2)14-13-30(38-22)24-5-3-23(4-6-24)18-40(33-17-27(15-16-37-33)31-21-47-34(39-31)25-7-8-25)35(42)26-9-11-28(12-10-26)41(36(43)44)29-19-46-20-29/h13-17,21,23-26,28-29H,3-12,18-20H2,1-2H3,(H,43,44)/t23-,24-,26-,28-. The number of aromatic nitrogens is 3. The number of rotatable bonds is 10. The van der Waals surface area contributed by atoms with E-state index in [1.807, 2.05) is 30.0 Å². The molecule has 4 aliphatic rings. The second-order valence-electron chi connectivity index (χ2n) is 13.8. The molecule has 0 atom stereocenters. The van der Waals surface area contributed by atoms with Crippen molar-refractivity contribution in [2.45, 2.75) is 95.1 Å². The van der Waals surface area contributed by atoms with E-state index >= 15 is 0 Å². The molecule has 4 heterocycles. The summed E-state index contributed by atoms with van der Waals surface area (Å²) in [6.07, 6.45) is 11.5. The zero-order valence-electron chi connectivity index (χ0n) is 27.3. The molecule has 2 amide bonds. The predicted octanol–water partition coefficient (Wildman–Crippen LogP) is 6.57. The number of aryl methyl sites for hydroxylation is 1. The summed E-state index contributed by atoms with van der Waals surface area (Å²) in [5, 5.41) is 9.90. The molecule has 3 aromatic heterocycles. The maximum Gasteiger partial charge on any atom is 0.407 e. The summed E-state index contributed by atoms with van der Waals surface area (Å²) in [5.74, 6) is 3.27. The number of ether oxygens (including phenoxy) is 2. The summed E-state index contributed by atoms with van der Waals surface area (Å²) in [7, 11) is 1.67. The van der Waals surface area contributed by atoms with Crippen molar-refractivity contribution in [3.63, 3.8) is 0 Å². The molecule has 0 spiro atoms. The van der Waals surface area contributed by atoms with Gasteiger partial charge in [0, 0.05) is 47.8 Å². The molecule has 0 bridgehead atoms. The fraction of sp³-hybridized carbons (Fsp3) is 0.583.